The summed E-state index contributed by atoms with van der Waals surface area (Å²) in [6.45, 7) is 14.8. The van der Waals surface area contributed by atoms with Gasteiger partial charge in [0.2, 0.25) is 0 Å². The molecule has 0 aromatic carbocycles. The molecule has 0 N–H and O–H groups in total. The maximum atomic E-state index is 6.15. The van der Waals surface area contributed by atoms with Crippen LogP contribution in [0.2, 0.25) is 0 Å². The van der Waals surface area contributed by atoms with Gasteiger partial charge in [0.15, 0.2) is 5.79 Å². The summed E-state index contributed by atoms with van der Waals surface area (Å²) < 4.78 is 12.2. The van der Waals surface area contributed by atoms with Crippen molar-refractivity contribution in [2.24, 2.45) is 5.92 Å². The van der Waals surface area contributed by atoms with Crippen LogP contribution in [0.4, 0.5) is 0 Å². The van der Waals surface area contributed by atoms with Gasteiger partial charge < -0.3 is 9.47 Å². The Morgan fingerprint density at radius 3 is 2.37 bits per heavy atom. The van der Waals surface area contributed by atoms with Crippen LogP contribution in [0.3, 0.4) is 0 Å². The molecule has 0 aliphatic carbocycles. The van der Waals surface area contributed by atoms with Crippen LogP contribution >= 0.6 is 0 Å². The maximum Gasteiger partial charge on any atom is 0.163 e. The lowest BCUT2D eigenvalue weighted by Crippen LogP contribution is -2.50. The number of allylic oxidation sites excluding steroid dienone is 3. The molecule has 0 amide bonds. The fraction of sp³-hybridized carbons (Fsp3) is 0.765. The summed E-state index contributed by atoms with van der Waals surface area (Å²) in [5.41, 5.74) is 2.57. The van der Waals surface area contributed by atoms with Crippen molar-refractivity contribution in [3.8, 4) is 0 Å². The first-order chi connectivity index (χ1) is 8.80. The molecule has 0 bridgehead atoms. The van der Waals surface area contributed by atoms with E-state index in [4.69, 9.17) is 9.47 Å². The van der Waals surface area contributed by atoms with Gasteiger partial charge in [-0.25, -0.2) is 0 Å². The topological polar surface area (TPSA) is 18.5 Å². The van der Waals surface area contributed by atoms with E-state index in [9.17, 15) is 0 Å². The Kier molecular flexibility index (Phi) is 5.82. The molecule has 2 heteroatoms. The lowest BCUT2D eigenvalue weighted by Gasteiger charge is -2.45. The Bertz CT molecular complexity index is 352. The summed E-state index contributed by atoms with van der Waals surface area (Å²) in [5.74, 6) is -0.0930. The predicted molar refractivity (Wildman–Crippen MR) is 81.1 cm³/mol. The summed E-state index contributed by atoms with van der Waals surface area (Å²) in [6.07, 6.45) is 7.03. The number of hydrogen-bond donors (Lipinski definition) is 0. The first kappa shape index (κ1) is 16.5. The van der Waals surface area contributed by atoms with Gasteiger partial charge in [-0.05, 0) is 46.6 Å². The minimum absolute atomic E-state index is 0.148. The van der Waals surface area contributed by atoms with Crippen molar-refractivity contribution in [2.75, 3.05) is 0 Å². The Labute approximate surface area is 118 Å². The molecule has 3 atom stereocenters. The molecule has 1 fully saturated rings. The summed E-state index contributed by atoms with van der Waals surface area (Å²) in [7, 11) is 0. The summed E-state index contributed by atoms with van der Waals surface area (Å²) in [4.78, 5) is 0. The molecule has 1 saturated heterocycles. The summed E-state index contributed by atoms with van der Waals surface area (Å²) >= 11 is 0. The number of hydrogen-bond acceptors (Lipinski definition) is 2. The second-order valence-electron chi connectivity index (χ2n) is 6.16. The molecular weight excluding hydrogens is 236 g/mol. The van der Waals surface area contributed by atoms with Crippen molar-refractivity contribution < 1.29 is 9.47 Å². The van der Waals surface area contributed by atoms with E-state index < -0.39 is 5.79 Å². The first-order valence-corrected chi connectivity index (χ1v) is 7.47. The van der Waals surface area contributed by atoms with E-state index >= 15 is 0 Å². The van der Waals surface area contributed by atoms with Crippen LogP contribution in [0.15, 0.2) is 23.3 Å². The zero-order chi connectivity index (χ0) is 14.6. The van der Waals surface area contributed by atoms with E-state index in [1.165, 1.54) is 11.1 Å². The molecule has 0 spiro atoms. The van der Waals surface area contributed by atoms with Gasteiger partial charge >= 0.3 is 0 Å². The van der Waals surface area contributed by atoms with Crippen LogP contribution in [0.25, 0.3) is 0 Å². The van der Waals surface area contributed by atoms with Gasteiger partial charge in [-0.3, -0.25) is 0 Å². The molecule has 1 heterocycles. The van der Waals surface area contributed by atoms with Gasteiger partial charge in [-0.1, -0.05) is 38.0 Å². The highest BCUT2D eigenvalue weighted by Gasteiger charge is 2.40. The van der Waals surface area contributed by atoms with E-state index in [0.717, 1.165) is 12.8 Å². The minimum atomic E-state index is -0.490. The van der Waals surface area contributed by atoms with Crippen molar-refractivity contribution in [1.29, 1.82) is 0 Å². The van der Waals surface area contributed by atoms with Crippen LogP contribution in [0, 0.1) is 5.92 Å². The van der Waals surface area contributed by atoms with E-state index in [-0.39, 0.29) is 12.2 Å². The second kappa shape index (κ2) is 6.71. The maximum absolute atomic E-state index is 6.15. The summed E-state index contributed by atoms with van der Waals surface area (Å²) in [6, 6.07) is 0. The van der Waals surface area contributed by atoms with Crippen LogP contribution < -0.4 is 0 Å². The van der Waals surface area contributed by atoms with Crippen LogP contribution in [0.1, 0.15) is 61.3 Å². The first-order valence-electron chi connectivity index (χ1n) is 7.47. The molecule has 1 rings (SSSR count). The van der Waals surface area contributed by atoms with Crippen molar-refractivity contribution in [1.82, 2.24) is 0 Å². The Morgan fingerprint density at radius 2 is 1.84 bits per heavy atom. The monoisotopic (exact) mass is 266 g/mol. The molecule has 1 aliphatic heterocycles. The zero-order valence-electron chi connectivity index (χ0n) is 13.6. The molecule has 110 valence electrons. The number of ether oxygens (including phenoxy) is 2. The van der Waals surface area contributed by atoms with Crippen molar-refractivity contribution in [2.45, 2.75) is 79.3 Å². The Morgan fingerprint density at radius 1 is 1.21 bits per heavy atom. The average Bonchev–Trinajstić information content (AvgIpc) is 2.33. The van der Waals surface area contributed by atoms with Gasteiger partial charge in [-0.15, -0.1) is 0 Å². The fourth-order valence-electron chi connectivity index (χ4n) is 2.75. The molecule has 0 aromatic rings. The van der Waals surface area contributed by atoms with Crippen molar-refractivity contribution >= 4 is 0 Å². The highest BCUT2D eigenvalue weighted by molar-refractivity contribution is 5.23. The fourth-order valence-corrected chi connectivity index (χ4v) is 2.75. The molecule has 0 aromatic heterocycles. The van der Waals surface area contributed by atoms with Crippen molar-refractivity contribution in [3.63, 3.8) is 0 Å². The van der Waals surface area contributed by atoms with Gasteiger partial charge in [0, 0.05) is 5.92 Å². The predicted octanol–water partition coefficient (Wildman–Crippen LogP) is 4.86. The van der Waals surface area contributed by atoms with Gasteiger partial charge in [0.1, 0.15) is 0 Å². The highest BCUT2D eigenvalue weighted by atomic mass is 16.7. The molecule has 0 radical (unpaired) electrons. The minimum Gasteiger partial charge on any atom is -0.347 e. The Hall–Kier alpha value is -0.600. The molecule has 19 heavy (non-hydrogen) atoms. The molecule has 2 nitrogen and oxygen atoms in total. The zero-order valence-corrected chi connectivity index (χ0v) is 13.6. The molecule has 0 unspecified atom stereocenters. The van der Waals surface area contributed by atoms with E-state index in [0.29, 0.717) is 5.92 Å². The highest BCUT2D eigenvalue weighted by Crippen LogP contribution is 2.36. The largest absolute Gasteiger partial charge is 0.347 e. The second-order valence-corrected chi connectivity index (χ2v) is 6.16. The Balaban J connectivity index is 2.94. The third kappa shape index (κ3) is 4.47. The third-order valence-corrected chi connectivity index (χ3v) is 3.84. The standard InChI is InChI=1S/C17H30O2/c1-8-10-15-14(5)16(19-17(6,7)18-15)13(4)11-12(3)9-2/h9,11,14-16H,8,10H2,1-7H3/b12-9+,13-11+/t14-,15-,16+/m0/s1. The van der Waals surface area contributed by atoms with Gasteiger partial charge in [0.25, 0.3) is 0 Å². The van der Waals surface area contributed by atoms with Gasteiger partial charge in [-0.2, -0.15) is 0 Å². The normalized spacial score (nSPS) is 32.5. The smallest absolute Gasteiger partial charge is 0.163 e. The molecular formula is C17H30O2. The van der Waals surface area contributed by atoms with E-state index in [1.807, 2.05) is 13.8 Å². The average molecular weight is 266 g/mol. The van der Waals surface area contributed by atoms with Crippen LogP contribution in [-0.2, 0) is 9.47 Å². The van der Waals surface area contributed by atoms with Crippen LogP contribution in [-0.4, -0.2) is 18.0 Å². The van der Waals surface area contributed by atoms with Crippen LogP contribution in [0.5, 0.6) is 0 Å². The van der Waals surface area contributed by atoms with E-state index in [1.54, 1.807) is 0 Å². The quantitative estimate of drug-likeness (QED) is 0.677. The van der Waals surface area contributed by atoms with E-state index in [2.05, 4.69) is 46.8 Å². The number of rotatable bonds is 4. The lowest BCUT2D eigenvalue weighted by molar-refractivity contribution is -0.311. The SMILES string of the molecule is C/C=C(C)/C=C(\C)[C@H]1OC(C)(C)O[C@@H](CCC)[C@@H]1C. The van der Waals surface area contributed by atoms with Crippen molar-refractivity contribution in [3.05, 3.63) is 23.3 Å². The molecule has 0 saturated carbocycles. The van der Waals surface area contributed by atoms with Gasteiger partial charge in [0.05, 0.1) is 12.2 Å². The lowest BCUT2D eigenvalue weighted by atomic mass is 9.88. The third-order valence-electron chi connectivity index (χ3n) is 3.84. The molecule has 1 aliphatic rings. The summed E-state index contributed by atoms with van der Waals surface area (Å²) in [5, 5.41) is 0.